The Kier molecular flexibility index (Phi) is 6.05. The number of thioether (sulfide) groups is 1. The minimum Gasteiger partial charge on any atom is -0.383 e. The Labute approximate surface area is 95.5 Å². The molecule has 1 saturated heterocycles. The van der Waals surface area contributed by atoms with E-state index in [1.807, 2.05) is 11.8 Å². The van der Waals surface area contributed by atoms with Crippen molar-refractivity contribution in [2.45, 2.75) is 24.6 Å². The molecule has 0 saturated carbocycles. The van der Waals surface area contributed by atoms with E-state index in [-0.39, 0.29) is 5.91 Å². The highest BCUT2D eigenvalue weighted by Crippen LogP contribution is 2.25. The van der Waals surface area contributed by atoms with Crippen LogP contribution in [0.1, 0.15) is 13.3 Å². The monoisotopic (exact) mass is 232 g/mol. The van der Waals surface area contributed by atoms with Crippen LogP contribution in [0, 0.1) is 0 Å². The Morgan fingerprint density at radius 3 is 3.00 bits per heavy atom. The third-order valence-corrected chi connectivity index (χ3v) is 3.86. The summed E-state index contributed by atoms with van der Waals surface area (Å²) in [7, 11) is 1.63. The smallest absolute Gasteiger partial charge is 0.234 e. The SMILES string of the molecule is COCCNC(=O)CNC1CCSC1C. The predicted octanol–water partition coefficient (Wildman–Crippen LogP) is 0.233. The number of rotatable bonds is 6. The first-order valence-corrected chi connectivity index (χ1v) is 6.39. The van der Waals surface area contributed by atoms with E-state index in [2.05, 4.69) is 17.6 Å². The Balaban J connectivity index is 2.05. The lowest BCUT2D eigenvalue weighted by Gasteiger charge is -2.15. The molecular formula is C10H20N2O2S. The number of methoxy groups -OCH3 is 1. The molecule has 0 aliphatic carbocycles. The van der Waals surface area contributed by atoms with Gasteiger partial charge in [0.15, 0.2) is 0 Å². The number of hydrogen-bond acceptors (Lipinski definition) is 4. The summed E-state index contributed by atoms with van der Waals surface area (Å²) in [5.74, 6) is 1.25. The lowest BCUT2D eigenvalue weighted by molar-refractivity contribution is -0.120. The van der Waals surface area contributed by atoms with Crippen LogP contribution in [0.5, 0.6) is 0 Å². The van der Waals surface area contributed by atoms with Crippen LogP contribution in [0.15, 0.2) is 0 Å². The van der Waals surface area contributed by atoms with Crippen molar-refractivity contribution >= 4 is 17.7 Å². The molecule has 5 heteroatoms. The van der Waals surface area contributed by atoms with E-state index >= 15 is 0 Å². The van der Waals surface area contributed by atoms with Crippen molar-refractivity contribution in [3.63, 3.8) is 0 Å². The molecule has 4 nitrogen and oxygen atoms in total. The average molecular weight is 232 g/mol. The maximum atomic E-state index is 11.3. The Morgan fingerprint density at radius 1 is 1.60 bits per heavy atom. The number of hydrogen-bond donors (Lipinski definition) is 2. The highest BCUT2D eigenvalue weighted by Gasteiger charge is 2.23. The number of carbonyl (C=O) groups is 1. The highest BCUT2D eigenvalue weighted by molar-refractivity contribution is 8.00. The normalized spacial score (nSPS) is 25.5. The third kappa shape index (κ3) is 4.86. The van der Waals surface area contributed by atoms with Crippen LogP contribution in [-0.4, -0.2) is 49.8 Å². The second-order valence-electron chi connectivity index (χ2n) is 3.69. The van der Waals surface area contributed by atoms with Crippen molar-refractivity contribution in [1.29, 1.82) is 0 Å². The number of ether oxygens (including phenoxy) is 1. The summed E-state index contributed by atoms with van der Waals surface area (Å²) in [6.45, 7) is 3.78. The molecule has 0 spiro atoms. The number of amides is 1. The van der Waals surface area contributed by atoms with Gasteiger partial charge in [0.05, 0.1) is 13.2 Å². The van der Waals surface area contributed by atoms with Crippen LogP contribution in [0.3, 0.4) is 0 Å². The van der Waals surface area contributed by atoms with Crippen LogP contribution in [-0.2, 0) is 9.53 Å². The van der Waals surface area contributed by atoms with E-state index in [4.69, 9.17) is 4.74 Å². The Morgan fingerprint density at radius 2 is 2.40 bits per heavy atom. The zero-order valence-corrected chi connectivity index (χ0v) is 10.2. The van der Waals surface area contributed by atoms with Gasteiger partial charge in [-0.1, -0.05) is 6.92 Å². The lowest BCUT2D eigenvalue weighted by atomic mass is 10.2. The molecule has 1 amide bonds. The molecule has 0 aromatic rings. The number of carbonyl (C=O) groups excluding carboxylic acids is 1. The van der Waals surface area contributed by atoms with Crippen molar-refractivity contribution in [3.8, 4) is 0 Å². The molecule has 15 heavy (non-hydrogen) atoms. The minimum absolute atomic E-state index is 0.0520. The van der Waals surface area contributed by atoms with Crippen LogP contribution in [0.4, 0.5) is 0 Å². The van der Waals surface area contributed by atoms with Gasteiger partial charge in [-0.2, -0.15) is 11.8 Å². The van der Waals surface area contributed by atoms with Gasteiger partial charge < -0.3 is 15.4 Å². The van der Waals surface area contributed by atoms with Crippen molar-refractivity contribution < 1.29 is 9.53 Å². The average Bonchev–Trinajstić information content (AvgIpc) is 2.61. The highest BCUT2D eigenvalue weighted by atomic mass is 32.2. The molecule has 2 atom stereocenters. The van der Waals surface area contributed by atoms with Gasteiger partial charge >= 0.3 is 0 Å². The summed E-state index contributed by atoms with van der Waals surface area (Å²) in [4.78, 5) is 11.3. The summed E-state index contributed by atoms with van der Waals surface area (Å²) in [5, 5.41) is 6.70. The van der Waals surface area contributed by atoms with Crippen LogP contribution in [0.2, 0.25) is 0 Å². The van der Waals surface area contributed by atoms with Gasteiger partial charge in [0.25, 0.3) is 0 Å². The van der Waals surface area contributed by atoms with Gasteiger partial charge in [0.2, 0.25) is 5.91 Å². The summed E-state index contributed by atoms with van der Waals surface area (Å²) in [6, 6.07) is 0.489. The van der Waals surface area contributed by atoms with E-state index in [0.29, 0.717) is 31.0 Å². The molecule has 0 aromatic heterocycles. The first-order chi connectivity index (χ1) is 7.24. The Hall–Kier alpha value is -0.260. The predicted molar refractivity (Wildman–Crippen MR) is 63.2 cm³/mol. The van der Waals surface area contributed by atoms with Crippen molar-refractivity contribution in [2.24, 2.45) is 0 Å². The molecule has 0 radical (unpaired) electrons. The van der Waals surface area contributed by atoms with E-state index in [0.717, 1.165) is 6.42 Å². The zero-order chi connectivity index (χ0) is 11.1. The van der Waals surface area contributed by atoms with Crippen molar-refractivity contribution in [2.75, 3.05) is 32.6 Å². The largest absolute Gasteiger partial charge is 0.383 e. The first-order valence-electron chi connectivity index (χ1n) is 5.34. The van der Waals surface area contributed by atoms with E-state index in [9.17, 15) is 4.79 Å². The van der Waals surface area contributed by atoms with Gasteiger partial charge in [-0.15, -0.1) is 0 Å². The number of nitrogens with one attached hydrogen (secondary N) is 2. The Bertz CT molecular complexity index is 202. The fourth-order valence-corrected chi connectivity index (χ4v) is 2.81. The van der Waals surface area contributed by atoms with Gasteiger partial charge in [-0.3, -0.25) is 4.79 Å². The van der Waals surface area contributed by atoms with Crippen molar-refractivity contribution in [3.05, 3.63) is 0 Å². The first kappa shape index (κ1) is 12.8. The summed E-state index contributed by atoms with van der Waals surface area (Å²) >= 11 is 1.96. The van der Waals surface area contributed by atoms with E-state index in [1.54, 1.807) is 7.11 Å². The minimum atomic E-state index is 0.0520. The summed E-state index contributed by atoms with van der Waals surface area (Å²) in [5.41, 5.74) is 0. The molecule has 1 heterocycles. The molecule has 88 valence electrons. The fraction of sp³-hybridized carbons (Fsp3) is 0.900. The standard InChI is InChI=1S/C10H20N2O2S/c1-8-9(3-6-15-8)12-7-10(13)11-4-5-14-2/h8-9,12H,3-7H2,1-2H3,(H,11,13). The van der Waals surface area contributed by atoms with E-state index in [1.165, 1.54) is 5.75 Å². The second-order valence-corrected chi connectivity index (χ2v) is 5.18. The van der Waals surface area contributed by atoms with Gasteiger partial charge in [-0.05, 0) is 12.2 Å². The van der Waals surface area contributed by atoms with Crippen LogP contribution in [0.25, 0.3) is 0 Å². The van der Waals surface area contributed by atoms with Crippen molar-refractivity contribution in [1.82, 2.24) is 10.6 Å². The molecule has 0 bridgehead atoms. The maximum absolute atomic E-state index is 11.3. The summed E-state index contributed by atoms with van der Waals surface area (Å²) < 4.78 is 4.85. The molecule has 1 aliphatic heterocycles. The quantitative estimate of drug-likeness (QED) is 0.644. The fourth-order valence-electron chi connectivity index (χ4n) is 1.58. The van der Waals surface area contributed by atoms with E-state index < -0.39 is 0 Å². The molecule has 0 aromatic carbocycles. The lowest BCUT2D eigenvalue weighted by Crippen LogP contribution is -2.42. The maximum Gasteiger partial charge on any atom is 0.234 e. The third-order valence-electron chi connectivity index (χ3n) is 2.53. The van der Waals surface area contributed by atoms with Gasteiger partial charge in [0, 0.05) is 24.9 Å². The van der Waals surface area contributed by atoms with Gasteiger partial charge in [0.1, 0.15) is 0 Å². The molecule has 1 fully saturated rings. The molecule has 1 aliphatic rings. The van der Waals surface area contributed by atoms with Crippen LogP contribution >= 0.6 is 11.8 Å². The molecule has 2 unspecified atom stereocenters. The van der Waals surface area contributed by atoms with Gasteiger partial charge in [-0.25, -0.2) is 0 Å². The van der Waals surface area contributed by atoms with Crippen LogP contribution < -0.4 is 10.6 Å². The second kappa shape index (κ2) is 7.09. The molecule has 1 rings (SSSR count). The topological polar surface area (TPSA) is 50.4 Å². The summed E-state index contributed by atoms with van der Waals surface area (Å²) in [6.07, 6.45) is 1.16. The zero-order valence-electron chi connectivity index (χ0n) is 9.41. The molecule has 2 N–H and O–H groups in total. The molecular weight excluding hydrogens is 212 g/mol.